The van der Waals surface area contributed by atoms with Gasteiger partial charge in [-0.05, 0) is 53.3 Å². The first kappa shape index (κ1) is 11.7. The molecule has 1 rings (SSSR count). The summed E-state index contributed by atoms with van der Waals surface area (Å²) in [5.41, 5.74) is 1.37. The lowest BCUT2D eigenvalue weighted by Gasteiger charge is -2.03. The Hall–Kier alpha value is 0.640. The molecule has 0 unspecified atom stereocenters. The molecule has 72 valence electrons. The van der Waals surface area contributed by atoms with E-state index in [0.717, 1.165) is 13.1 Å². The lowest BCUT2D eigenvalue weighted by Crippen LogP contribution is -2.14. The summed E-state index contributed by atoms with van der Waals surface area (Å²) in [6.07, 6.45) is 1.25. The molecule has 13 heavy (non-hydrogen) atoms. The van der Waals surface area contributed by atoms with Gasteiger partial charge < -0.3 is 5.32 Å². The van der Waals surface area contributed by atoms with Crippen LogP contribution in [0.1, 0.15) is 12.0 Å². The molecule has 0 aromatic heterocycles. The van der Waals surface area contributed by atoms with Crippen LogP contribution in [-0.4, -0.2) is 11.0 Å². The van der Waals surface area contributed by atoms with Gasteiger partial charge in [-0.25, -0.2) is 0 Å². The van der Waals surface area contributed by atoms with Crippen molar-refractivity contribution in [3.63, 3.8) is 0 Å². The van der Waals surface area contributed by atoms with Crippen LogP contribution in [0.5, 0.6) is 0 Å². The number of hydrogen-bond acceptors (Lipinski definition) is 1. The highest BCUT2D eigenvalue weighted by Gasteiger charge is 1.91. The molecule has 0 aliphatic rings. The van der Waals surface area contributed by atoms with Gasteiger partial charge in [0, 0.05) is 14.5 Å². The second kappa shape index (κ2) is 7.00. The predicted octanol–water partition coefficient (Wildman–Crippen LogP) is 3.21. The Balaban J connectivity index is 2.25. The van der Waals surface area contributed by atoms with E-state index in [-0.39, 0.29) is 0 Å². The van der Waals surface area contributed by atoms with Crippen LogP contribution < -0.4 is 5.32 Å². The zero-order valence-electron chi connectivity index (χ0n) is 7.39. The number of benzene rings is 1. The molecule has 1 N–H and O–H groups in total. The molecule has 1 aromatic carbocycles. The van der Waals surface area contributed by atoms with Crippen molar-refractivity contribution >= 4 is 45.2 Å². The maximum atomic E-state index is 3.41. The minimum Gasteiger partial charge on any atom is -0.313 e. The van der Waals surface area contributed by atoms with Crippen LogP contribution in [-0.2, 0) is 6.54 Å². The van der Waals surface area contributed by atoms with Gasteiger partial charge in [0.25, 0.3) is 0 Å². The molecule has 0 bridgehead atoms. The highest BCUT2D eigenvalue weighted by atomic mass is 127. The fourth-order valence-electron chi connectivity index (χ4n) is 1.03. The Labute approximate surface area is 107 Å². The highest BCUT2D eigenvalue weighted by molar-refractivity contribution is 14.1. The Morgan fingerprint density at radius 3 is 2.46 bits per heavy atom. The molecule has 0 fully saturated rings. The zero-order chi connectivity index (χ0) is 9.52. The number of hydrogen-bond donors (Lipinski definition) is 1. The molecule has 0 amide bonds. The SMILES string of the molecule is ICCCNCc1ccc(I)cc1. The van der Waals surface area contributed by atoms with Crippen LogP contribution in [0.3, 0.4) is 0 Å². The molecule has 0 saturated heterocycles. The summed E-state index contributed by atoms with van der Waals surface area (Å²) in [6, 6.07) is 8.66. The Morgan fingerprint density at radius 1 is 1.15 bits per heavy atom. The van der Waals surface area contributed by atoms with Crippen molar-refractivity contribution < 1.29 is 0 Å². The molecule has 0 heterocycles. The number of alkyl halides is 1. The van der Waals surface area contributed by atoms with Crippen LogP contribution >= 0.6 is 45.2 Å². The molecule has 0 saturated carbocycles. The Kier molecular flexibility index (Phi) is 6.31. The maximum absolute atomic E-state index is 3.41. The largest absolute Gasteiger partial charge is 0.313 e. The van der Waals surface area contributed by atoms with Crippen LogP contribution in [0, 0.1) is 3.57 Å². The summed E-state index contributed by atoms with van der Waals surface area (Å²) in [6.45, 7) is 2.11. The first-order valence-corrected chi connectivity index (χ1v) is 6.94. The number of halogens is 2. The van der Waals surface area contributed by atoms with E-state index < -0.39 is 0 Å². The Morgan fingerprint density at radius 2 is 1.85 bits per heavy atom. The van der Waals surface area contributed by atoms with Crippen LogP contribution in [0.2, 0.25) is 0 Å². The second-order valence-corrected chi connectivity index (χ2v) is 5.17. The number of nitrogens with one attached hydrogen (secondary N) is 1. The van der Waals surface area contributed by atoms with E-state index in [1.54, 1.807) is 0 Å². The van der Waals surface area contributed by atoms with E-state index in [0.29, 0.717) is 0 Å². The minimum atomic E-state index is 0.994. The average molecular weight is 401 g/mol. The zero-order valence-corrected chi connectivity index (χ0v) is 11.7. The summed E-state index contributed by atoms with van der Waals surface area (Å²) in [5, 5.41) is 3.41. The average Bonchev–Trinajstić information content (AvgIpc) is 2.15. The molecule has 0 atom stereocenters. The Bertz CT molecular complexity index is 233. The lowest BCUT2D eigenvalue weighted by atomic mass is 10.2. The minimum absolute atomic E-state index is 0.994. The monoisotopic (exact) mass is 401 g/mol. The van der Waals surface area contributed by atoms with Gasteiger partial charge in [-0.15, -0.1) is 0 Å². The van der Waals surface area contributed by atoms with E-state index in [4.69, 9.17) is 0 Å². The van der Waals surface area contributed by atoms with Crippen molar-refractivity contribution in [2.24, 2.45) is 0 Å². The van der Waals surface area contributed by atoms with Crippen LogP contribution in [0.25, 0.3) is 0 Å². The molecule has 1 nitrogen and oxygen atoms in total. The van der Waals surface area contributed by atoms with Gasteiger partial charge in [0.1, 0.15) is 0 Å². The van der Waals surface area contributed by atoms with Crippen molar-refractivity contribution in [2.75, 3.05) is 11.0 Å². The van der Waals surface area contributed by atoms with Gasteiger partial charge in [0.2, 0.25) is 0 Å². The first-order valence-electron chi connectivity index (χ1n) is 4.34. The molecular weight excluding hydrogens is 388 g/mol. The topological polar surface area (TPSA) is 12.0 Å². The summed E-state index contributed by atoms with van der Waals surface area (Å²) >= 11 is 4.73. The summed E-state index contributed by atoms with van der Waals surface area (Å²) < 4.78 is 2.53. The second-order valence-electron chi connectivity index (χ2n) is 2.85. The molecule has 1 aromatic rings. The summed E-state index contributed by atoms with van der Waals surface area (Å²) in [5.74, 6) is 0. The third-order valence-electron chi connectivity index (χ3n) is 1.73. The molecule has 3 heteroatoms. The third kappa shape index (κ3) is 5.17. The van der Waals surface area contributed by atoms with E-state index in [2.05, 4.69) is 74.8 Å². The van der Waals surface area contributed by atoms with Crippen LogP contribution in [0.15, 0.2) is 24.3 Å². The standard InChI is InChI=1S/C10H13I2N/c11-6-1-7-13-8-9-2-4-10(12)5-3-9/h2-5,13H,1,6-8H2. The van der Waals surface area contributed by atoms with Gasteiger partial charge in [-0.1, -0.05) is 34.7 Å². The highest BCUT2D eigenvalue weighted by Crippen LogP contribution is 2.06. The fourth-order valence-corrected chi connectivity index (χ4v) is 1.77. The van der Waals surface area contributed by atoms with E-state index >= 15 is 0 Å². The van der Waals surface area contributed by atoms with Gasteiger partial charge in [0.15, 0.2) is 0 Å². The predicted molar refractivity (Wildman–Crippen MR) is 74.4 cm³/mol. The summed E-state index contributed by atoms with van der Waals surface area (Å²) in [7, 11) is 0. The normalized spacial score (nSPS) is 10.3. The quantitative estimate of drug-likeness (QED) is 0.454. The molecule has 0 spiro atoms. The third-order valence-corrected chi connectivity index (χ3v) is 3.21. The van der Waals surface area contributed by atoms with Crippen molar-refractivity contribution in [1.82, 2.24) is 5.32 Å². The lowest BCUT2D eigenvalue weighted by molar-refractivity contribution is 0.681. The molecular formula is C10H13I2N. The van der Waals surface area contributed by atoms with Crippen LogP contribution in [0.4, 0.5) is 0 Å². The molecule has 0 aliphatic carbocycles. The van der Waals surface area contributed by atoms with Crippen molar-refractivity contribution in [1.29, 1.82) is 0 Å². The van der Waals surface area contributed by atoms with Gasteiger partial charge >= 0.3 is 0 Å². The van der Waals surface area contributed by atoms with Crippen molar-refractivity contribution in [2.45, 2.75) is 13.0 Å². The van der Waals surface area contributed by atoms with Gasteiger partial charge in [-0.2, -0.15) is 0 Å². The van der Waals surface area contributed by atoms with E-state index in [9.17, 15) is 0 Å². The van der Waals surface area contributed by atoms with Gasteiger partial charge in [0.05, 0.1) is 0 Å². The fraction of sp³-hybridized carbons (Fsp3) is 0.400. The molecule has 0 aliphatic heterocycles. The van der Waals surface area contributed by atoms with E-state index in [1.807, 2.05) is 0 Å². The smallest absolute Gasteiger partial charge is 0.0205 e. The molecule has 0 radical (unpaired) electrons. The first-order chi connectivity index (χ1) is 6.33. The van der Waals surface area contributed by atoms with Crippen molar-refractivity contribution in [3.05, 3.63) is 33.4 Å². The number of rotatable bonds is 5. The van der Waals surface area contributed by atoms with E-state index in [1.165, 1.54) is 20.0 Å². The van der Waals surface area contributed by atoms with Gasteiger partial charge in [-0.3, -0.25) is 0 Å². The maximum Gasteiger partial charge on any atom is 0.0205 e. The van der Waals surface area contributed by atoms with Crippen molar-refractivity contribution in [3.8, 4) is 0 Å². The summed E-state index contributed by atoms with van der Waals surface area (Å²) in [4.78, 5) is 0.